The van der Waals surface area contributed by atoms with Crippen molar-refractivity contribution >= 4 is 34.8 Å². The van der Waals surface area contributed by atoms with Gasteiger partial charge in [-0.1, -0.05) is 23.8 Å². The predicted octanol–water partition coefficient (Wildman–Crippen LogP) is 1.34. The molecule has 0 amide bonds. The highest BCUT2D eigenvalue weighted by atomic mass is 35.5. The molecule has 1 aromatic heterocycles. The van der Waals surface area contributed by atoms with Crippen LogP contribution >= 0.6 is 23.8 Å². The highest BCUT2D eigenvalue weighted by Crippen LogP contribution is 2.21. The largest absolute Gasteiger partial charge is 0.463 e. The van der Waals surface area contributed by atoms with Crippen molar-refractivity contribution in [2.75, 3.05) is 7.11 Å². The number of rotatable bonds is 3. The number of hydrogen-bond donors (Lipinski definition) is 1. The van der Waals surface area contributed by atoms with Crippen molar-refractivity contribution < 1.29 is 9.53 Å². The zero-order valence-electron chi connectivity index (χ0n) is 9.83. The molecule has 0 aliphatic heterocycles. The Morgan fingerprint density at radius 1 is 1.53 bits per heavy atom. The van der Waals surface area contributed by atoms with Crippen molar-refractivity contribution in [2.45, 2.75) is 0 Å². The van der Waals surface area contributed by atoms with Crippen LogP contribution in [0.5, 0.6) is 0 Å². The Balaban J connectivity index is 2.39. The van der Waals surface area contributed by atoms with Gasteiger partial charge in [0.05, 0.1) is 17.8 Å². The molecule has 0 saturated carbocycles. The topological polar surface area (TPSA) is 83.0 Å². The average molecular weight is 297 g/mol. The van der Waals surface area contributed by atoms with Gasteiger partial charge in [0.15, 0.2) is 0 Å². The van der Waals surface area contributed by atoms with E-state index in [9.17, 15) is 4.79 Å². The van der Waals surface area contributed by atoms with E-state index in [0.29, 0.717) is 16.3 Å². The van der Waals surface area contributed by atoms with Crippen LogP contribution in [-0.4, -0.2) is 32.8 Å². The molecule has 0 aliphatic carbocycles. The van der Waals surface area contributed by atoms with Crippen LogP contribution in [0.4, 0.5) is 0 Å². The second-order valence-electron chi connectivity index (χ2n) is 3.53. The standard InChI is InChI=1S/C11H9ClN4O2S/c1-18-11(17)10-14-5-16(15-10)8-3-2-6(9(13)19)4-7(8)12/h2-5H,1H3,(H2,13,19). The van der Waals surface area contributed by atoms with Gasteiger partial charge >= 0.3 is 5.97 Å². The van der Waals surface area contributed by atoms with Crippen LogP contribution in [0.3, 0.4) is 0 Å². The number of benzene rings is 1. The van der Waals surface area contributed by atoms with Crippen LogP contribution in [-0.2, 0) is 4.74 Å². The summed E-state index contributed by atoms with van der Waals surface area (Å²) in [6.45, 7) is 0. The molecule has 2 N–H and O–H groups in total. The van der Waals surface area contributed by atoms with Gasteiger partial charge in [-0.2, -0.15) is 0 Å². The van der Waals surface area contributed by atoms with Crippen molar-refractivity contribution in [3.05, 3.63) is 40.9 Å². The molecule has 0 fully saturated rings. The normalized spacial score (nSPS) is 10.2. The van der Waals surface area contributed by atoms with Gasteiger partial charge in [0.1, 0.15) is 11.3 Å². The van der Waals surface area contributed by atoms with Crippen molar-refractivity contribution in [1.82, 2.24) is 14.8 Å². The first kappa shape index (κ1) is 13.4. The Bertz CT molecular complexity index is 656. The summed E-state index contributed by atoms with van der Waals surface area (Å²) in [5.41, 5.74) is 6.72. The summed E-state index contributed by atoms with van der Waals surface area (Å²) in [5.74, 6) is -0.661. The number of nitrogens with zero attached hydrogens (tertiary/aromatic N) is 3. The van der Waals surface area contributed by atoms with E-state index in [1.54, 1.807) is 18.2 Å². The zero-order valence-corrected chi connectivity index (χ0v) is 11.4. The van der Waals surface area contributed by atoms with Gasteiger partial charge in [-0.25, -0.2) is 14.5 Å². The van der Waals surface area contributed by atoms with Gasteiger partial charge in [-0.3, -0.25) is 0 Å². The van der Waals surface area contributed by atoms with E-state index in [-0.39, 0.29) is 10.8 Å². The molecular weight excluding hydrogens is 288 g/mol. The van der Waals surface area contributed by atoms with Crippen LogP contribution in [0.2, 0.25) is 5.02 Å². The van der Waals surface area contributed by atoms with Gasteiger partial charge in [-0.05, 0) is 18.2 Å². The molecule has 0 unspecified atom stereocenters. The third-order valence-electron chi connectivity index (χ3n) is 2.34. The monoisotopic (exact) mass is 296 g/mol. The second kappa shape index (κ2) is 5.33. The number of halogens is 1. The van der Waals surface area contributed by atoms with Crippen molar-refractivity contribution in [1.29, 1.82) is 0 Å². The predicted molar refractivity (Wildman–Crippen MR) is 73.6 cm³/mol. The lowest BCUT2D eigenvalue weighted by Crippen LogP contribution is -2.10. The first-order valence-corrected chi connectivity index (χ1v) is 5.91. The number of carbonyl (C=O) groups excluding carboxylic acids is 1. The average Bonchev–Trinajstić information content (AvgIpc) is 2.87. The van der Waals surface area contributed by atoms with Gasteiger partial charge in [0.2, 0.25) is 0 Å². The smallest absolute Gasteiger partial charge is 0.377 e. The Morgan fingerprint density at radius 3 is 2.84 bits per heavy atom. The second-order valence-corrected chi connectivity index (χ2v) is 4.38. The summed E-state index contributed by atoms with van der Waals surface area (Å²) >= 11 is 11.0. The first-order valence-electron chi connectivity index (χ1n) is 5.12. The summed E-state index contributed by atoms with van der Waals surface area (Å²) in [6.07, 6.45) is 1.37. The van der Waals surface area contributed by atoms with Gasteiger partial charge in [-0.15, -0.1) is 5.10 Å². The molecule has 1 heterocycles. The Labute approximate surface area is 119 Å². The molecule has 0 radical (unpaired) electrons. The Morgan fingerprint density at radius 2 is 2.26 bits per heavy atom. The molecule has 1 aromatic carbocycles. The third-order valence-corrected chi connectivity index (χ3v) is 2.88. The maximum absolute atomic E-state index is 11.3. The number of methoxy groups -OCH3 is 1. The lowest BCUT2D eigenvalue weighted by Gasteiger charge is -2.05. The van der Waals surface area contributed by atoms with E-state index >= 15 is 0 Å². The minimum Gasteiger partial charge on any atom is -0.463 e. The molecule has 0 bridgehead atoms. The number of aromatic nitrogens is 3. The van der Waals surface area contributed by atoms with E-state index in [1.807, 2.05) is 0 Å². The fourth-order valence-corrected chi connectivity index (χ4v) is 1.80. The summed E-state index contributed by atoms with van der Waals surface area (Å²) in [6, 6.07) is 5.02. The Kier molecular flexibility index (Phi) is 3.77. The number of nitrogens with two attached hydrogens (primary N) is 1. The molecule has 0 spiro atoms. The van der Waals surface area contributed by atoms with E-state index in [1.165, 1.54) is 18.1 Å². The van der Waals surface area contributed by atoms with Gasteiger partial charge < -0.3 is 10.5 Å². The lowest BCUT2D eigenvalue weighted by atomic mass is 10.2. The summed E-state index contributed by atoms with van der Waals surface area (Å²) < 4.78 is 5.90. The number of hydrogen-bond acceptors (Lipinski definition) is 5. The molecule has 19 heavy (non-hydrogen) atoms. The molecule has 2 aromatic rings. The molecule has 8 heteroatoms. The van der Waals surface area contributed by atoms with Crippen LogP contribution < -0.4 is 5.73 Å². The molecule has 2 rings (SSSR count). The van der Waals surface area contributed by atoms with E-state index in [0.717, 1.165) is 0 Å². The number of thiocarbonyl (C=S) groups is 1. The lowest BCUT2D eigenvalue weighted by molar-refractivity contribution is 0.0587. The fraction of sp³-hybridized carbons (Fsp3) is 0.0909. The minimum absolute atomic E-state index is 0.0445. The van der Waals surface area contributed by atoms with Crippen LogP contribution in [0.15, 0.2) is 24.5 Å². The van der Waals surface area contributed by atoms with Crippen LogP contribution in [0, 0.1) is 0 Å². The maximum Gasteiger partial charge on any atom is 0.377 e. The SMILES string of the molecule is COC(=O)c1ncn(-c2ccc(C(N)=S)cc2Cl)n1. The van der Waals surface area contributed by atoms with Crippen LogP contribution in [0.1, 0.15) is 16.2 Å². The molecule has 0 aliphatic rings. The zero-order chi connectivity index (χ0) is 14.0. The fourth-order valence-electron chi connectivity index (χ4n) is 1.41. The molecule has 0 atom stereocenters. The quantitative estimate of drug-likeness (QED) is 0.680. The highest BCUT2D eigenvalue weighted by Gasteiger charge is 2.13. The van der Waals surface area contributed by atoms with Crippen LogP contribution in [0.25, 0.3) is 5.69 Å². The number of carbonyl (C=O) groups is 1. The first-order chi connectivity index (χ1) is 9.02. The molecule has 0 saturated heterocycles. The maximum atomic E-state index is 11.3. The van der Waals surface area contributed by atoms with Gasteiger partial charge in [0, 0.05) is 5.56 Å². The van der Waals surface area contributed by atoms with E-state index in [2.05, 4.69) is 14.8 Å². The van der Waals surface area contributed by atoms with E-state index in [4.69, 9.17) is 29.6 Å². The third kappa shape index (κ3) is 2.72. The number of esters is 1. The molecule has 6 nitrogen and oxygen atoms in total. The summed E-state index contributed by atoms with van der Waals surface area (Å²) in [7, 11) is 1.26. The van der Waals surface area contributed by atoms with E-state index < -0.39 is 5.97 Å². The summed E-state index contributed by atoms with van der Waals surface area (Å²) in [5, 5.41) is 4.36. The van der Waals surface area contributed by atoms with Crippen molar-refractivity contribution in [3.63, 3.8) is 0 Å². The highest BCUT2D eigenvalue weighted by molar-refractivity contribution is 7.80. The molecular formula is C11H9ClN4O2S. The molecule has 98 valence electrons. The number of ether oxygens (including phenoxy) is 1. The van der Waals surface area contributed by atoms with Crippen molar-refractivity contribution in [3.8, 4) is 5.69 Å². The minimum atomic E-state index is -0.616. The summed E-state index contributed by atoms with van der Waals surface area (Å²) in [4.78, 5) is 15.3. The Hall–Kier alpha value is -1.99. The van der Waals surface area contributed by atoms with Crippen molar-refractivity contribution in [2.24, 2.45) is 5.73 Å². The van der Waals surface area contributed by atoms with Gasteiger partial charge in [0.25, 0.3) is 5.82 Å².